The van der Waals surface area contributed by atoms with Crippen molar-refractivity contribution in [1.29, 1.82) is 0 Å². The van der Waals surface area contributed by atoms with Crippen molar-refractivity contribution in [3.05, 3.63) is 0 Å². The zero-order valence-electron chi connectivity index (χ0n) is 9.91. The molecule has 0 aliphatic rings. The Morgan fingerprint density at radius 2 is 1.81 bits per heavy atom. The zero-order chi connectivity index (χ0) is 12.7. The molecule has 0 amide bonds. The molecule has 6 nitrogen and oxygen atoms in total. The van der Waals surface area contributed by atoms with Gasteiger partial charge in [-0.15, -0.1) is 0 Å². The van der Waals surface area contributed by atoms with E-state index in [-0.39, 0.29) is 6.61 Å². The van der Waals surface area contributed by atoms with Gasteiger partial charge in [-0.1, -0.05) is 0 Å². The Bertz CT molecular complexity index is 177. The van der Waals surface area contributed by atoms with Crippen LogP contribution >= 0.6 is 0 Å². The lowest BCUT2D eigenvalue weighted by Crippen LogP contribution is -2.44. The highest BCUT2D eigenvalue weighted by atomic mass is 16.6. The molecule has 3 unspecified atom stereocenters. The van der Waals surface area contributed by atoms with Crippen molar-refractivity contribution in [3.63, 3.8) is 0 Å². The summed E-state index contributed by atoms with van der Waals surface area (Å²) in [7, 11) is -0.968. The molecule has 0 aromatic rings. The summed E-state index contributed by atoms with van der Waals surface area (Å²) in [6.45, 7) is 3.76. The van der Waals surface area contributed by atoms with E-state index >= 15 is 0 Å². The summed E-state index contributed by atoms with van der Waals surface area (Å²) < 4.78 is 10.0. The summed E-state index contributed by atoms with van der Waals surface area (Å²) in [5, 5.41) is 36.4. The molecule has 0 heterocycles. The van der Waals surface area contributed by atoms with Crippen LogP contribution in [0, 0.1) is 5.92 Å². The summed E-state index contributed by atoms with van der Waals surface area (Å²) in [4.78, 5) is 0. The van der Waals surface area contributed by atoms with Gasteiger partial charge >= 0.3 is 7.12 Å². The van der Waals surface area contributed by atoms with E-state index in [1.165, 1.54) is 13.7 Å². The minimum atomic E-state index is -0.968. The van der Waals surface area contributed by atoms with Gasteiger partial charge in [-0.05, 0) is 20.7 Å². The highest BCUT2D eigenvalue weighted by Gasteiger charge is 2.32. The maximum Gasteiger partial charge on any atom is 0.451 e. The maximum absolute atomic E-state index is 9.59. The van der Waals surface area contributed by atoms with Gasteiger partial charge in [-0.3, -0.25) is 0 Å². The van der Waals surface area contributed by atoms with Crippen LogP contribution in [0.4, 0.5) is 0 Å². The van der Waals surface area contributed by atoms with Gasteiger partial charge < -0.3 is 29.7 Å². The van der Waals surface area contributed by atoms with E-state index in [4.69, 9.17) is 24.6 Å². The Labute approximate surface area is 96.0 Å². The fraction of sp³-hybridized carbons (Fsp3) is 1.00. The first-order chi connectivity index (χ1) is 7.43. The molecule has 0 radical (unpaired) electrons. The van der Waals surface area contributed by atoms with Crippen LogP contribution in [-0.4, -0.2) is 59.2 Å². The standard InChI is InChI=1S/C9H21BO6/c1-6(13)9(7(2)16-10(3)14)8(4-11)15-5-12/h6-9,11-14H,4-5H2,1-3H3/t6?,7-,8?,9?/m0/s1. The molecule has 0 fully saturated rings. The van der Waals surface area contributed by atoms with Crippen molar-refractivity contribution in [3.8, 4) is 0 Å². The quantitative estimate of drug-likeness (QED) is 0.313. The number of rotatable bonds is 8. The topological polar surface area (TPSA) is 99.4 Å². The highest BCUT2D eigenvalue weighted by molar-refractivity contribution is 6.40. The maximum atomic E-state index is 9.59. The van der Waals surface area contributed by atoms with Crippen molar-refractivity contribution in [2.75, 3.05) is 13.4 Å². The van der Waals surface area contributed by atoms with E-state index in [2.05, 4.69) is 0 Å². The number of hydrogen-bond acceptors (Lipinski definition) is 6. The summed E-state index contributed by atoms with van der Waals surface area (Å²) in [6, 6.07) is 0. The van der Waals surface area contributed by atoms with Gasteiger partial charge in [-0.25, -0.2) is 0 Å². The second-order valence-electron chi connectivity index (χ2n) is 3.78. The molecule has 0 aromatic carbocycles. The van der Waals surface area contributed by atoms with Crippen molar-refractivity contribution in [2.45, 2.75) is 39.0 Å². The molecule has 16 heavy (non-hydrogen) atoms. The summed E-state index contributed by atoms with van der Waals surface area (Å²) in [5.74, 6) is -0.535. The molecule has 0 aliphatic heterocycles. The van der Waals surface area contributed by atoms with E-state index in [0.717, 1.165) is 0 Å². The van der Waals surface area contributed by atoms with Gasteiger partial charge in [0.2, 0.25) is 0 Å². The second-order valence-corrected chi connectivity index (χ2v) is 3.78. The number of aliphatic hydroxyl groups is 3. The van der Waals surface area contributed by atoms with Gasteiger partial charge in [0, 0.05) is 12.0 Å². The Hall–Kier alpha value is -0.175. The van der Waals surface area contributed by atoms with Crippen molar-refractivity contribution < 1.29 is 29.7 Å². The number of aliphatic hydroxyl groups excluding tert-OH is 3. The smallest absolute Gasteiger partial charge is 0.427 e. The molecule has 0 spiro atoms. The molecular formula is C9H21BO6. The lowest BCUT2D eigenvalue weighted by atomic mass is 9.88. The highest BCUT2D eigenvalue weighted by Crippen LogP contribution is 2.20. The predicted molar refractivity (Wildman–Crippen MR) is 58.6 cm³/mol. The normalized spacial score (nSPS) is 18.9. The van der Waals surface area contributed by atoms with Gasteiger partial charge in [-0.2, -0.15) is 0 Å². The lowest BCUT2D eigenvalue weighted by molar-refractivity contribution is -0.131. The second kappa shape index (κ2) is 8.00. The van der Waals surface area contributed by atoms with Gasteiger partial charge in [0.15, 0.2) is 0 Å². The van der Waals surface area contributed by atoms with Crippen molar-refractivity contribution >= 4 is 7.12 Å². The Balaban J connectivity index is 4.55. The summed E-state index contributed by atoms with van der Waals surface area (Å²) >= 11 is 0. The van der Waals surface area contributed by atoms with Crippen LogP contribution in [0.2, 0.25) is 6.82 Å². The Morgan fingerprint density at radius 1 is 1.25 bits per heavy atom. The first-order valence-corrected chi connectivity index (χ1v) is 5.28. The molecule has 0 aliphatic carbocycles. The molecule has 0 bridgehead atoms. The van der Waals surface area contributed by atoms with Crippen molar-refractivity contribution in [1.82, 2.24) is 0 Å². The number of ether oxygens (including phenoxy) is 1. The van der Waals surface area contributed by atoms with E-state index in [9.17, 15) is 5.11 Å². The third-order valence-corrected chi connectivity index (χ3v) is 2.41. The minimum Gasteiger partial charge on any atom is -0.427 e. The molecule has 0 saturated heterocycles. The molecule has 4 atom stereocenters. The molecule has 96 valence electrons. The largest absolute Gasteiger partial charge is 0.451 e. The van der Waals surface area contributed by atoms with Crippen LogP contribution in [0.25, 0.3) is 0 Å². The average Bonchev–Trinajstić information content (AvgIpc) is 2.15. The van der Waals surface area contributed by atoms with Gasteiger partial charge in [0.1, 0.15) is 6.79 Å². The monoisotopic (exact) mass is 236 g/mol. The van der Waals surface area contributed by atoms with E-state index in [1.807, 2.05) is 0 Å². The minimum absolute atomic E-state index is 0.344. The summed E-state index contributed by atoms with van der Waals surface area (Å²) in [6.07, 6.45) is -2.04. The molecule has 4 N–H and O–H groups in total. The Morgan fingerprint density at radius 3 is 2.12 bits per heavy atom. The van der Waals surface area contributed by atoms with E-state index < -0.39 is 38.1 Å². The zero-order valence-corrected chi connectivity index (χ0v) is 9.91. The van der Waals surface area contributed by atoms with Crippen LogP contribution in [-0.2, 0) is 9.39 Å². The Kier molecular flexibility index (Phi) is 7.91. The van der Waals surface area contributed by atoms with Gasteiger partial charge in [0.05, 0.1) is 18.8 Å². The van der Waals surface area contributed by atoms with Crippen LogP contribution in [0.15, 0.2) is 0 Å². The third-order valence-electron chi connectivity index (χ3n) is 2.41. The third kappa shape index (κ3) is 5.24. The molecule has 7 heteroatoms. The fourth-order valence-electron chi connectivity index (χ4n) is 1.79. The molecule has 0 rings (SSSR count). The molecular weight excluding hydrogens is 215 g/mol. The van der Waals surface area contributed by atoms with E-state index in [1.54, 1.807) is 6.92 Å². The van der Waals surface area contributed by atoms with Gasteiger partial charge in [0.25, 0.3) is 0 Å². The first-order valence-electron chi connectivity index (χ1n) is 5.28. The van der Waals surface area contributed by atoms with E-state index in [0.29, 0.717) is 0 Å². The van der Waals surface area contributed by atoms with Crippen LogP contribution in [0.1, 0.15) is 13.8 Å². The predicted octanol–water partition coefficient (Wildman–Crippen LogP) is -1.17. The lowest BCUT2D eigenvalue weighted by Gasteiger charge is -2.32. The van der Waals surface area contributed by atoms with Crippen LogP contribution < -0.4 is 0 Å². The molecule has 0 aromatic heterocycles. The van der Waals surface area contributed by atoms with Crippen LogP contribution in [0.5, 0.6) is 0 Å². The average molecular weight is 236 g/mol. The fourth-order valence-corrected chi connectivity index (χ4v) is 1.79. The first kappa shape index (κ1) is 15.8. The summed E-state index contributed by atoms with van der Waals surface area (Å²) in [5.41, 5.74) is 0. The molecule has 0 saturated carbocycles. The van der Waals surface area contributed by atoms with Crippen molar-refractivity contribution in [2.24, 2.45) is 5.92 Å². The number of hydrogen-bond donors (Lipinski definition) is 4. The van der Waals surface area contributed by atoms with Crippen LogP contribution in [0.3, 0.4) is 0 Å². The SMILES string of the molecule is CB(O)O[C@@H](C)C(C(C)O)C(CO)OCO.